The van der Waals surface area contributed by atoms with E-state index in [2.05, 4.69) is 42.8 Å². The van der Waals surface area contributed by atoms with Crippen LogP contribution in [-0.4, -0.2) is 43.1 Å². The topological polar surface area (TPSA) is 41.5 Å². The molecular weight excluding hydrogens is 344 g/mol. The number of aromatic nitrogens is 2. The molecule has 0 N–H and O–H groups in total. The molecule has 5 nitrogen and oxygen atoms in total. The summed E-state index contributed by atoms with van der Waals surface area (Å²) in [6, 6.07) is 8.16. The van der Waals surface area contributed by atoms with Gasteiger partial charge in [-0.25, -0.2) is 9.97 Å². The van der Waals surface area contributed by atoms with Crippen molar-refractivity contribution in [3.8, 4) is 5.75 Å². The van der Waals surface area contributed by atoms with E-state index in [4.69, 9.17) is 14.7 Å². The number of hydrogen-bond acceptors (Lipinski definition) is 6. The van der Waals surface area contributed by atoms with Gasteiger partial charge in [0.05, 0.1) is 19.0 Å². The highest BCUT2D eigenvalue weighted by Crippen LogP contribution is 2.34. The molecule has 0 radical (unpaired) electrons. The summed E-state index contributed by atoms with van der Waals surface area (Å²) in [6.45, 7) is 5.82. The molecule has 2 aromatic heterocycles. The Morgan fingerprint density at radius 3 is 2.54 bits per heavy atom. The molecule has 3 rings (SSSR count). The Morgan fingerprint density at radius 2 is 1.85 bits per heavy atom. The van der Waals surface area contributed by atoms with Crippen LogP contribution in [0, 0.1) is 13.8 Å². The van der Waals surface area contributed by atoms with Crippen LogP contribution in [0.15, 0.2) is 24.3 Å². The summed E-state index contributed by atoms with van der Waals surface area (Å²) in [4.78, 5) is 16.4. The Balaban J connectivity index is 1.86. The molecule has 0 saturated carbocycles. The van der Waals surface area contributed by atoms with Crippen LogP contribution in [0.4, 0.5) is 5.82 Å². The minimum atomic E-state index is 0.698. The van der Waals surface area contributed by atoms with Gasteiger partial charge in [-0.05, 0) is 44.2 Å². The normalized spacial score (nSPS) is 11.3. The van der Waals surface area contributed by atoms with E-state index in [0.717, 1.165) is 28.8 Å². The molecule has 6 heteroatoms. The Kier molecular flexibility index (Phi) is 5.44. The summed E-state index contributed by atoms with van der Waals surface area (Å²) in [5, 5.41) is 1.18. The number of anilines is 1. The summed E-state index contributed by atoms with van der Waals surface area (Å²) in [7, 11) is 7.86. The monoisotopic (exact) mass is 370 g/mol. The van der Waals surface area contributed by atoms with Crippen LogP contribution in [-0.2, 0) is 13.1 Å². The van der Waals surface area contributed by atoms with Gasteiger partial charge in [0.15, 0.2) is 0 Å². The lowest BCUT2D eigenvalue weighted by molar-refractivity contribution is 0.310. The van der Waals surface area contributed by atoms with Gasteiger partial charge in [-0.15, -0.1) is 11.3 Å². The summed E-state index contributed by atoms with van der Waals surface area (Å²) in [5.41, 5.74) is 2.49. The van der Waals surface area contributed by atoms with E-state index in [1.165, 1.54) is 21.4 Å². The van der Waals surface area contributed by atoms with Gasteiger partial charge in [0.1, 0.15) is 22.2 Å². The number of rotatable bonds is 6. The molecule has 0 unspecified atom stereocenters. The van der Waals surface area contributed by atoms with Gasteiger partial charge in [0, 0.05) is 25.5 Å². The summed E-state index contributed by atoms with van der Waals surface area (Å²) in [5.74, 6) is 2.74. The number of ether oxygens (including phenoxy) is 1. The second kappa shape index (κ2) is 7.60. The van der Waals surface area contributed by atoms with Gasteiger partial charge >= 0.3 is 0 Å². The molecule has 0 fully saturated rings. The highest BCUT2D eigenvalue weighted by molar-refractivity contribution is 7.18. The van der Waals surface area contributed by atoms with Crippen LogP contribution in [0.5, 0.6) is 5.75 Å². The molecule has 0 amide bonds. The van der Waals surface area contributed by atoms with Crippen molar-refractivity contribution in [1.29, 1.82) is 0 Å². The summed E-state index contributed by atoms with van der Waals surface area (Å²) in [6.07, 6.45) is 0. The van der Waals surface area contributed by atoms with Crippen molar-refractivity contribution < 1.29 is 4.74 Å². The zero-order valence-electron chi connectivity index (χ0n) is 16.3. The zero-order chi connectivity index (χ0) is 18.8. The minimum absolute atomic E-state index is 0.698. The van der Waals surface area contributed by atoms with Crippen molar-refractivity contribution >= 4 is 27.4 Å². The fourth-order valence-corrected chi connectivity index (χ4v) is 4.09. The van der Waals surface area contributed by atoms with Crippen molar-refractivity contribution in [2.45, 2.75) is 26.9 Å². The molecule has 0 aliphatic carbocycles. The van der Waals surface area contributed by atoms with Gasteiger partial charge < -0.3 is 9.64 Å². The third-order valence-corrected chi connectivity index (χ3v) is 5.58. The molecule has 0 saturated heterocycles. The molecule has 26 heavy (non-hydrogen) atoms. The third-order valence-electron chi connectivity index (χ3n) is 4.48. The Labute approximate surface area is 159 Å². The van der Waals surface area contributed by atoms with Crippen LogP contribution < -0.4 is 9.64 Å². The van der Waals surface area contributed by atoms with Crippen LogP contribution in [0.3, 0.4) is 0 Å². The lowest BCUT2D eigenvalue weighted by atomic mass is 10.2. The standard InChI is InChI=1S/C20H26N4OS/c1-13-14(2)26-20-18(13)19(23(3)4)21-17(22-20)12-24(5)11-15-8-7-9-16(10-15)25-6/h7-10H,11-12H2,1-6H3. The van der Waals surface area contributed by atoms with E-state index in [0.29, 0.717) is 6.54 Å². The molecule has 0 aliphatic rings. The van der Waals surface area contributed by atoms with Gasteiger partial charge in [-0.3, -0.25) is 4.90 Å². The molecule has 138 valence electrons. The lowest BCUT2D eigenvalue weighted by Crippen LogP contribution is -2.20. The van der Waals surface area contributed by atoms with Crippen LogP contribution in [0.1, 0.15) is 21.8 Å². The number of fused-ring (bicyclic) bond motifs is 1. The zero-order valence-corrected chi connectivity index (χ0v) is 17.1. The third kappa shape index (κ3) is 3.81. The molecule has 3 aromatic rings. The maximum absolute atomic E-state index is 5.31. The number of methoxy groups -OCH3 is 1. The first-order valence-electron chi connectivity index (χ1n) is 8.64. The van der Waals surface area contributed by atoms with Crippen LogP contribution in [0.2, 0.25) is 0 Å². The maximum Gasteiger partial charge on any atom is 0.146 e. The molecule has 0 atom stereocenters. The number of thiophene rings is 1. The van der Waals surface area contributed by atoms with Crippen molar-refractivity contribution in [2.24, 2.45) is 0 Å². The molecule has 0 spiro atoms. The second-order valence-electron chi connectivity index (χ2n) is 6.85. The molecule has 1 aromatic carbocycles. The van der Waals surface area contributed by atoms with Crippen molar-refractivity contribution in [3.05, 3.63) is 46.1 Å². The van der Waals surface area contributed by atoms with Crippen LogP contribution >= 0.6 is 11.3 Å². The minimum Gasteiger partial charge on any atom is -0.497 e. The number of nitrogens with zero attached hydrogens (tertiary/aromatic N) is 4. The highest BCUT2D eigenvalue weighted by atomic mass is 32.1. The van der Waals surface area contributed by atoms with Gasteiger partial charge in [0.25, 0.3) is 0 Å². The first-order valence-corrected chi connectivity index (χ1v) is 9.46. The Morgan fingerprint density at radius 1 is 1.08 bits per heavy atom. The van der Waals surface area contributed by atoms with E-state index in [-0.39, 0.29) is 0 Å². The van der Waals surface area contributed by atoms with Crippen molar-refractivity contribution in [3.63, 3.8) is 0 Å². The second-order valence-corrected chi connectivity index (χ2v) is 8.05. The summed E-state index contributed by atoms with van der Waals surface area (Å²) >= 11 is 1.75. The van der Waals surface area contributed by atoms with Gasteiger partial charge in [-0.2, -0.15) is 0 Å². The number of aryl methyl sites for hydroxylation is 2. The van der Waals surface area contributed by atoms with E-state index in [9.17, 15) is 0 Å². The highest BCUT2D eigenvalue weighted by Gasteiger charge is 2.16. The predicted molar refractivity (Wildman–Crippen MR) is 109 cm³/mol. The van der Waals surface area contributed by atoms with E-state index in [1.54, 1.807) is 18.4 Å². The summed E-state index contributed by atoms with van der Waals surface area (Å²) < 4.78 is 5.31. The Bertz CT molecular complexity index is 920. The van der Waals surface area contributed by atoms with E-state index >= 15 is 0 Å². The molecule has 0 bridgehead atoms. The van der Waals surface area contributed by atoms with Gasteiger partial charge in [-0.1, -0.05) is 12.1 Å². The Hall–Kier alpha value is -2.18. The fraction of sp³-hybridized carbons (Fsp3) is 0.400. The smallest absolute Gasteiger partial charge is 0.146 e. The predicted octanol–water partition coefficient (Wildman–Crippen LogP) is 4.01. The van der Waals surface area contributed by atoms with Crippen molar-refractivity contribution in [1.82, 2.24) is 14.9 Å². The first-order chi connectivity index (χ1) is 12.4. The van der Waals surface area contributed by atoms with Gasteiger partial charge in [0.2, 0.25) is 0 Å². The van der Waals surface area contributed by atoms with E-state index in [1.807, 2.05) is 26.2 Å². The van der Waals surface area contributed by atoms with Crippen molar-refractivity contribution in [2.75, 3.05) is 33.2 Å². The van der Waals surface area contributed by atoms with Crippen LogP contribution in [0.25, 0.3) is 10.2 Å². The maximum atomic E-state index is 5.31. The average molecular weight is 371 g/mol. The quantitative estimate of drug-likeness (QED) is 0.656. The average Bonchev–Trinajstić information content (AvgIpc) is 2.88. The molecule has 2 heterocycles. The number of benzene rings is 1. The SMILES string of the molecule is COc1cccc(CN(C)Cc2nc(N(C)C)c3c(C)c(C)sc3n2)c1. The lowest BCUT2D eigenvalue weighted by Gasteiger charge is -2.18. The molecule has 0 aliphatic heterocycles. The first kappa shape index (κ1) is 18.6. The largest absolute Gasteiger partial charge is 0.497 e. The van der Waals surface area contributed by atoms with E-state index < -0.39 is 0 Å². The fourth-order valence-electron chi connectivity index (χ4n) is 3.05. The number of hydrogen-bond donors (Lipinski definition) is 0. The molecular formula is C20H26N4OS.